The van der Waals surface area contributed by atoms with Crippen molar-refractivity contribution in [1.82, 2.24) is 14.5 Å². The van der Waals surface area contributed by atoms with Crippen LogP contribution < -0.4 is 0 Å². The maximum Gasteiger partial charge on any atom is 0.303 e. The largest absolute Gasteiger partial charge is 0.481 e. The van der Waals surface area contributed by atoms with Crippen molar-refractivity contribution in [2.45, 2.75) is 38.8 Å². The highest BCUT2D eigenvalue weighted by Gasteiger charge is 2.17. The van der Waals surface area contributed by atoms with Crippen LogP contribution in [0.15, 0.2) is 24.3 Å². The lowest BCUT2D eigenvalue weighted by Gasteiger charge is -2.20. The third-order valence-electron chi connectivity index (χ3n) is 3.85. The lowest BCUT2D eigenvalue weighted by atomic mass is 10.2. The molecule has 0 bridgehead atoms. The molecule has 2 aromatic rings. The van der Waals surface area contributed by atoms with Crippen LogP contribution in [0.25, 0.3) is 11.0 Å². The van der Waals surface area contributed by atoms with Crippen LogP contribution in [0.5, 0.6) is 0 Å². The fraction of sp³-hybridized carbons (Fsp3) is 0.500. The first-order valence-electron chi connectivity index (χ1n) is 7.34. The number of benzene rings is 1. The van der Waals surface area contributed by atoms with E-state index in [9.17, 15) is 4.79 Å². The van der Waals surface area contributed by atoms with Gasteiger partial charge < -0.3 is 9.67 Å². The number of carboxylic acid groups (broad SMARTS) is 1. The van der Waals surface area contributed by atoms with Crippen molar-refractivity contribution < 1.29 is 9.90 Å². The molecule has 114 valence electrons. The average Bonchev–Trinajstić information content (AvgIpc) is 2.81. The molecule has 0 amide bonds. The summed E-state index contributed by atoms with van der Waals surface area (Å²) in [6.45, 7) is 2.94. The number of hydrogen-bond donors (Lipinski definition) is 1. The molecule has 1 unspecified atom stereocenters. The number of carbonyl (C=O) groups is 1. The second-order valence-electron chi connectivity index (χ2n) is 5.60. The van der Waals surface area contributed by atoms with E-state index in [0.29, 0.717) is 6.42 Å². The zero-order valence-corrected chi connectivity index (χ0v) is 12.9. The average molecular weight is 289 g/mol. The molecule has 21 heavy (non-hydrogen) atoms. The van der Waals surface area contributed by atoms with Gasteiger partial charge in [0.15, 0.2) is 0 Å². The highest BCUT2D eigenvalue weighted by molar-refractivity contribution is 5.76. The zero-order valence-electron chi connectivity index (χ0n) is 12.9. The van der Waals surface area contributed by atoms with Gasteiger partial charge >= 0.3 is 5.97 Å². The van der Waals surface area contributed by atoms with E-state index in [1.165, 1.54) is 0 Å². The smallest absolute Gasteiger partial charge is 0.303 e. The molecule has 0 spiro atoms. The molecule has 0 aliphatic heterocycles. The molecule has 2 rings (SSSR count). The van der Waals surface area contributed by atoms with E-state index in [1.807, 2.05) is 32.3 Å². The Morgan fingerprint density at radius 3 is 2.71 bits per heavy atom. The molecule has 1 aromatic heterocycles. The third kappa shape index (κ3) is 3.61. The molecular weight excluding hydrogens is 266 g/mol. The summed E-state index contributed by atoms with van der Waals surface area (Å²) in [7, 11) is 4.08. The molecule has 5 heteroatoms. The highest BCUT2D eigenvalue weighted by atomic mass is 16.4. The van der Waals surface area contributed by atoms with E-state index in [4.69, 9.17) is 10.1 Å². The number of unbranched alkanes of at least 4 members (excludes halogenated alkanes) is 1. The summed E-state index contributed by atoms with van der Waals surface area (Å²) in [5.41, 5.74) is 2.12. The Labute approximate surface area is 125 Å². The molecular formula is C16H23N3O2. The van der Waals surface area contributed by atoms with Crippen molar-refractivity contribution in [2.24, 2.45) is 0 Å². The monoisotopic (exact) mass is 289 g/mol. The number of aliphatic carboxylic acids is 1. The van der Waals surface area contributed by atoms with Crippen LogP contribution in [0, 0.1) is 0 Å². The molecule has 1 heterocycles. The lowest BCUT2D eigenvalue weighted by Crippen LogP contribution is -2.21. The first-order chi connectivity index (χ1) is 10.0. The van der Waals surface area contributed by atoms with Crippen LogP contribution in [0.4, 0.5) is 0 Å². The van der Waals surface area contributed by atoms with Crippen molar-refractivity contribution in [2.75, 3.05) is 14.1 Å². The topological polar surface area (TPSA) is 58.4 Å². The highest BCUT2D eigenvalue weighted by Crippen LogP contribution is 2.23. The Hall–Kier alpha value is -1.88. The Morgan fingerprint density at radius 1 is 1.33 bits per heavy atom. The number of imidazole rings is 1. The number of aryl methyl sites for hydroxylation is 1. The van der Waals surface area contributed by atoms with Crippen LogP contribution in [-0.2, 0) is 11.3 Å². The summed E-state index contributed by atoms with van der Waals surface area (Å²) in [5, 5.41) is 8.73. The van der Waals surface area contributed by atoms with Gasteiger partial charge in [-0.2, -0.15) is 0 Å². The van der Waals surface area contributed by atoms with Crippen LogP contribution in [0.2, 0.25) is 0 Å². The van der Waals surface area contributed by atoms with Crippen molar-refractivity contribution in [3.05, 3.63) is 30.1 Å². The van der Waals surface area contributed by atoms with E-state index < -0.39 is 5.97 Å². The summed E-state index contributed by atoms with van der Waals surface area (Å²) >= 11 is 0. The summed E-state index contributed by atoms with van der Waals surface area (Å²) in [5.74, 6) is 0.309. The van der Waals surface area contributed by atoms with Gasteiger partial charge in [-0.25, -0.2) is 4.98 Å². The SMILES string of the molecule is CC(c1nc2ccccc2n1CCCCC(=O)O)N(C)C. The van der Waals surface area contributed by atoms with E-state index in [-0.39, 0.29) is 12.5 Å². The Kier molecular flexibility index (Phi) is 4.96. The minimum absolute atomic E-state index is 0.219. The maximum absolute atomic E-state index is 10.6. The van der Waals surface area contributed by atoms with Crippen LogP contribution in [0.3, 0.4) is 0 Å². The quantitative estimate of drug-likeness (QED) is 0.796. The van der Waals surface area contributed by atoms with Crippen LogP contribution in [0.1, 0.15) is 38.1 Å². The number of aromatic nitrogens is 2. The van der Waals surface area contributed by atoms with Crippen LogP contribution >= 0.6 is 0 Å². The van der Waals surface area contributed by atoms with Crippen molar-refractivity contribution >= 4 is 17.0 Å². The Balaban J connectivity index is 2.25. The number of hydrogen-bond acceptors (Lipinski definition) is 3. The van der Waals surface area contributed by atoms with Gasteiger partial charge in [0.1, 0.15) is 5.82 Å². The summed E-state index contributed by atoms with van der Waals surface area (Å²) in [6, 6.07) is 8.33. The van der Waals surface area contributed by atoms with Crippen LogP contribution in [-0.4, -0.2) is 39.6 Å². The minimum atomic E-state index is -0.729. The zero-order chi connectivity index (χ0) is 15.4. The van der Waals surface area contributed by atoms with Crippen molar-refractivity contribution in [3.8, 4) is 0 Å². The van der Waals surface area contributed by atoms with Gasteiger partial charge in [0.2, 0.25) is 0 Å². The van der Waals surface area contributed by atoms with Gasteiger partial charge in [-0.05, 0) is 46.0 Å². The van der Waals surface area contributed by atoms with Crippen molar-refractivity contribution in [1.29, 1.82) is 0 Å². The number of rotatable bonds is 7. The fourth-order valence-electron chi connectivity index (χ4n) is 2.43. The van der Waals surface area contributed by atoms with Gasteiger partial charge in [-0.3, -0.25) is 9.69 Å². The van der Waals surface area contributed by atoms with Gasteiger partial charge in [0.05, 0.1) is 17.1 Å². The molecule has 0 aliphatic carbocycles. The Bertz CT molecular complexity index is 619. The molecule has 0 radical (unpaired) electrons. The molecule has 1 atom stereocenters. The van der Waals surface area contributed by atoms with Gasteiger partial charge in [0.25, 0.3) is 0 Å². The molecule has 1 aromatic carbocycles. The summed E-state index contributed by atoms with van der Waals surface area (Å²) in [4.78, 5) is 17.5. The Morgan fingerprint density at radius 2 is 2.05 bits per heavy atom. The van der Waals surface area contributed by atoms with E-state index in [2.05, 4.69) is 22.5 Å². The normalized spacial score (nSPS) is 13.0. The number of nitrogens with zero attached hydrogens (tertiary/aromatic N) is 3. The van der Waals surface area contributed by atoms with Gasteiger partial charge in [-0.1, -0.05) is 12.1 Å². The van der Waals surface area contributed by atoms with Gasteiger partial charge in [-0.15, -0.1) is 0 Å². The number of para-hydroxylation sites is 2. The first kappa shape index (κ1) is 15.5. The number of fused-ring (bicyclic) bond motifs is 1. The fourth-order valence-corrected chi connectivity index (χ4v) is 2.43. The standard InChI is InChI=1S/C16H23N3O2/c1-12(18(2)3)16-17-13-8-4-5-9-14(13)19(16)11-7-6-10-15(20)21/h4-5,8-9,12H,6-7,10-11H2,1-3H3,(H,20,21). The molecule has 0 aliphatic rings. The molecule has 0 saturated heterocycles. The van der Waals surface area contributed by atoms with E-state index >= 15 is 0 Å². The second kappa shape index (κ2) is 6.72. The predicted molar refractivity (Wildman–Crippen MR) is 83.3 cm³/mol. The second-order valence-corrected chi connectivity index (χ2v) is 5.60. The molecule has 0 saturated carbocycles. The number of carboxylic acids is 1. The molecule has 5 nitrogen and oxygen atoms in total. The minimum Gasteiger partial charge on any atom is -0.481 e. The summed E-state index contributed by atoms with van der Waals surface area (Å²) in [6.07, 6.45) is 1.77. The lowest BCUT2D eigenvalue weighted by molar-refractivity contribution is -0.137. The molecule has 0 fully saturated rings. The predicted octanol–water partition coefficient (Wildman–Crippen LogP) is 2.91. The summed E-state index contributed by atoms with van der Waals surface area (Å²) < 4.78 is 2.22. The van der Waals surface area contributed by atoms with E-state index in [0.717, 1.165) is 29.8 Å². The third-order valence-corrected chi connectivity index (χ3v) is 3.85. The van der Waals surface area contributed by atoms with Crippen molar-refractivity contribution in [3.63, 3.8) is 0 Å². The van der Waals surface area contributed by atoms with E-state index in [1.54, 1.807) is 0 Å². The van der Waals surface area contributed by atoms with Gasteiger partial charge in [0, 0.05) is 13.0 Å². The maximum atomic E-state index is 10.6. The molecule has 1 N–H and O–H groups in total. The first-order valence-corrected chi connectivity index (χ1v) is 7.34.